The highest BCUT2D eigenvalue weighted by atomic mass is 32.1. The maximum absolute atomic E-state index is 10.8. The number of rotatable bonds is 3. The number of carbonyl (C=O) groups is 1. The average molecular weight is 256 g/mol. The fourth-order valence-electron chi connectivity index (χ4n) is 2.03. The van der Waals surface area contributed by atoms with Crippen LogP contribution in [0.3, 0.4) is 0 Å². The molecule has 0 aliphatic rings. The number of carbonyl (C=O) groups excluding carboxylic acids is 1. The molecule has 0 amide bonds. The Bertz CT molecular complexity index is 711. The van der Waals surface area contributed by atoms with Crippen molar-refractivity contribution >= 4 is 28.5 Å². The van der Waals surface area contributed by atoms with Crippen molar-refractivity contribution in [3.8, 4) is 0 Å². The summed E-state index contributed by atoms with van der Waals surface area (Å²) < 4.78 is 2.13. The van der Waals surface area contributed by atoms with Gasteiger partial charge in [-0.3, -0.25) is 4.79 Å². The molecule has 3 aromatic rings. The van der Waals surface area contributed by atoms with Crippen LogP contribution in [-0.4, -0.2) is 15.8 Å². The lowest BCUT2D eigenvalue weighted by Gasteiger charge is -2.03. The summed E-state index contributed by atoms with van der Waals surface area (Å²) in [5.74, 6) is 0. The van der Waals surface area contributed by atoms with Crippen LogP contribution < -0.4 is 0 Å². The Labute approximate surface area is 109 Å². The molecule has 1 aromatic carbocycles. The summed E-state index contributed by atoms with van der Waals surface area (Å²) in [5.41, 5.74) is 2.84. The maximum Gasteiger partial charge on any atom is 0.150 e. The lowest BCUT2D eigenvalue weighted by atomic mass is 10.2. The van der Waals surface area contributed by atoms with Crippen LogP contribution in [0.5, 0.6) is 0 Å². The van der Waals surface area contributed by atoms with Gasteiger partial charge in [-0.05, 0) is 24.4 Å². The molecule has 3 nitrogen and oxygen atoms in total. The topological polar surface area (TPSA) is 34.9 Å². The van der Waals surface area contributed by atoms with Gasteiger partial charge in [0.15, 0.2) is 0 Å². The molecular weight excluding hydrogens is 244 g/mol. The quantitative estimate of drug-likeness (QED) is 0.674. The molecule has 0 N–H and O–H groups in total. The van der Waals surface area contributed by atoms with E-state index in [9.17, 15) is 4.79 Å². The van der Waals surface area contributed by atoms with Gasteiger partial charge in [-0.15, -0.1) is 11.3 Å². The molecular formula is C14H12N2OS. The van der Waals surface area contributed by atoms with Crippen molar-refractivity contribution in [2.24, 2.45) is 0 Å². The van der Waals surface area contributed by atoms with Gasteiger partial charge < -0.3 is 4.57 Å². The molecule has 18 heavy (non-hydrogen) atoms. The van der Waals surface area contributed by atoms with Crippen molar-refractivity contribution in [1.82, 2.24) is 9.55 Å². The summed E-state index contributed by atoms with van der Waals surface area (Å²) in [6.45, 7) is 2.75. The Hall–Kier alpha value is -1.94. The second-order valence-corrected chi connectivity index (χ2v) is 5.21. The van der Waals surface area contributed by atoms with E-state index in [1.165, 1.54) is 0 Å². The zero-order chi connectivity index (χ0) is 12.5. The van der Waals surface area contributed by atoms with E-state index >= 15 is 0 Å². The summed E-state index contributed by atoms with van der Waals surface area (Å²) >= 11 is 1.66. The van der Waals surface area contributed by atoms with E-state index in [0.29, 0.717) is 5.56 Å². The molecule has 0 radical (unpaired) electrons. The first kappa shape index (κ1) is 11.2. The number of hydrogen-bond acceptors (Lipinski definition) is 3. The smallest absolute Gasteiger partial charge is 0.150 e. The first-order chi connectivity index (χ1) is 8.76. The minimum Gasteiger partial charge on any atom is -0.341 e. The van der Waals surface area contributed by atoms with Crippen LogP contribution in [0.25, 0.3) is 10.9 Å². The number of aromatic nitrogens is 2. The molecule has 4 heteroatoms. The summed E-state index contributed by atoms with van der Waals surface area (Å²) in [4.78, 5) is 15.3. The van der Waals surface area contributed by atoms with Crippen molar-refractivity contribution in [3.05, 3.63) is 52.1 Å². The zero-order valence-corrected chi connectivity index (χ0v) is 10.8. The normalized spacial score (nSPS) is 10.9. The largest absolute Gasteiger partial charge is 0.341 e. The first-order valence-electron chi connectivity index (χ1n) is 5.71. The molecule has 2 heterocycles. The van der Waals surface area contributed by atoms with Gasteiger partial charge in [-0.1, -0.05) is 12.1 Å². The standard InChI is InChI=1S/C14H12N2OS/c1-10-9-18-14(15-10)7-16-5-4-12-3-2-11(8-17)6-13(12)16/h2-6,8-9H,7H2,1H3. The van der Waals surface area contributed by atoms with Gasteiger partial charge in [0.05, 0.1) is 6.54 Å². The highest BCUT2D eigenvalue weighted by Gasteiger charge is 2.05. The molecule has 0 saturated carbocycles. The van der Waals surface area contributed by atoms with Gasteiger partial charge in [0.1, 0.15) is 11.3 Å². The number of aryl methyl sites for hydroxylation is 1. The van der Waals surface area contributed by atoms with Crippen LogP contribution >= 0.6 is 11.3 Å². The molecule has 0 aliphatic heterocycles. The van der Waals surface area contributed by atoms with E-state index < -0.39 is 0 Å². The van der Waals surface area contributed by atoms with Crippen LogP contribution in [0.15, 0.2) is 35.8 Å². The number of hydrogen-bond donors (Lipinski definition) is 0. The van der Waals surface area contributed by atoms with Crippen molar-refractivity contribution < 1.29 is 4.79 Å². The van der Waals surface area contributed by atoms with Crippen molar-refractivity contribution in [2.45, 2.75) is 13.5 Å². The second kappa shape index (κ2) is 4.38. The summed E-state index contributed by atoms with van der Waals surface area (Å²) in [7, 11) is 0. The molecule has 90 valence electrons. The molecule has 0 unspecified atom stereocenters. The molecule has 3 rings (SSSR count). The SMILES string of the molecule is Cc1csc(Cn2ccc3ccc(C=O)cc32)n1. The van der Waals surface area contributed by atoms with Gasteiger partial charge in [0.2, 0.25) is 0 Å². The molecule has 2 aromatic heterocycles. The average Bonchev–Trinajstić information content (AvgIpc) is 2.96. The minimum atomic E-state index is 0.706. The van der Waals surface area contributed by atoms with E-state index in [1.54, 1.807) is 11.3 Å². The van der Waals surface area contributed by atoms with E-state index in [4.69, 9.17) is 0 Å². The van der Waals surface area contributed by atoms with Crippen LogP contribution in [0.2, 0.25) is 0 Å². The van der Waals surface area contributed by atoms with E-state index in [0.717, 1.165) is 34.4 Å². The van der Waals surface area contributed by atoms with Crippen LogP contribution in [-0.2, 0) is 6.54 Å². The lowest BCUT2D eigenvalue weighted by Crippen LogP contribution is -1.97. The Morgan fingerprint density at radius 2 is 2.28 bits per heavy atom. The number of thiazole rings is 1. The predicted octanol–water partition coefficient (Wildman–Crippen LogP) is 3.27. The van der Waals surface area contributed by atoms with Crippen LogP contribution in [0.4, 0.5) is 0 Å². The first-order valence-corrected chi connectivity index (χ1v) is 6.59. The number of fused-ring (bicyclic) bond motifs is 1. The van der Waals surface area contributed by atoms with E-state index in [-0.39, 0.29) is 0 Å². The Morgan fingerprint density at radius 3 is 3.00 bits per heavy atom. The third-order valence-corrected chi connectivity index (χ3v) is 3.86. The fourth-order valence-corrected chi connectivity index (χ4v) is 2.80. The molecule has 0 saturated heterocycles. The Kier molecular flexibility index (Phi) is 2.72. The fraction of sp³-hybridized carbons (Fsp3) is 0.143. The summed E-state index contributed by atoms with van der Waals surface area (Å²) in [6, 6.07) is 7.79. The summed E-state index contributed by atoms with van der Waals surface area (Å²) in [6.07, 6.45) is 2.92. The molecule has 0 fully saturated rings. The van der Waals surface area contributed by atoms with Crippen LogP contribution in [0, 0.1) is 6.92 Å². The second-order valence-electron chi connectivity index (χ2n) is 4.26. The van der Waals surface area contributed by atoms with Gasteiger partial charge in [0, 0.05) is 28.4 Å². The highest BCUT2D eigenvalue weighted by Crippen LogP contribution is 2.19. The number of nitrogens with zero attached hydrogens (tertiary/aromatic N) is 2. The predicted molar refractivity (Wildman–Crippen MR) is 73.3 cm³/mol. The van der Waals surface area contributed by atoms with Gasteiger partial charge in [0.25, 0.3) is 0 Å². The monoisotopic (exact) mass is 256 g/mol. The number of aldehydes is 1. The van der Waals surface area contributed by atoms with Crippen molar-refractivity contribution in [2.75, 3.05) is 0 Å². The maximum atomic E-state index is 10.8. The third kappa shape index (κ3) is 1.95. The van der Waals surface area contributed by atoms with Crippen LogP contribution in [0.1, 0.15) is 21.1 Å². The van der Waals surface area contributed by atoms with Gasteiger partial charge in [-0.2, -0.15) is 0 Å². The minimum absolute atomic E-state index is 0.706. The Morgan fingerprint density at radius 1 is 1.39 bits per heavy atom. The third-order valence-electron chi connectivity index (χ3n) is 2.91. The van der Waals surface area contributed by atoms with E-state index in [2.05, 4.69) is 21.0 Å². The number of benzene rings is 1. The lowest BCUT2D eigenvalue weighted by molar-refractivity contribution is 0.112. The molecule has 0 bridgehead atoms. The van der Waals surface area contributed by atoms with Crippen molar-refractivity contribution in [1.29, 1.82) is 0 Å². The highest BCUT2D eigenvalue weighted by molar-refractivity contribution is 7.09. The van der Waals surface area contributed by atoms with Gasteiger partial charge in [-0.25, -0.2) is 4.98 Å². The molecule has 0 spiro atoms. The zero-order valence-electron chi connectivity index (χ0n) is 9.96. The van der Waals surface area contributed by atoms with Crippen molar-refractivity contribution in [3.63, 3.8) is 0 Å². The van der Waals surface area contributed by atoms with E-state index in [1.807, 2.05) is 31.3 Å². The molecule has 0 aliphatic carbocycles. The Balaban J connectivity index is 2.03. The molecule has 0 atom stereocenters. The summed E-state index contributed by atoms with van der Waals surface area (Å²) in [5, 5.41) is 4.29. The van der Waals surface area contributed by atoms with Gasteiger partial charge >= 0.3 is 0 Å².